The van der Waals surface area contributed by atoms with Crippen molar-refractivity contribution < 1.29 is 55.2 Å². The van der Waals surface area contributed by atoms with E-state index in [4.69, 9.17) is 14.0 Å². The van der Waals surface area contributed by atoms with E-state index in [0.29, 0.717) is 29.5 Å². The maximum Gasteiger partial charge on any atom is 0.397 e. The molecule has 17 heteroatoms. The fourth-order valence-corrected chi connectivity index (χ4v) is 9.98. The van der Waals surface area contributed by atoms with Crippen molar-refractivity contribution in [2.75, 3.05) is 36.7 Å². The summed E-state index contributed by atoms with van der Waals surface area (Å²) in [5.41, 5.74) is 1.78. The van der Waals surface area contributed by atoms with E-state index in [1.54, 1.807) is 72.8 Å². The predicted octanol–water partition coefficient (Wildman–Crippen LogP) is 3.59. The van der Waals surface area contributed by atoms with E-state index in [2.05, 4.69) is 14.8 Å². The molecule has 2 amide bonds. The zero-order chi connectivity index (χ0) is 40.1. The molecule has 0 bridgehead atoms. The molecule has 0 radical (unpaired) electrons. The van der Waals surface area contributed by atoms with Crippen LogP contribution in [0, 0.1) is 5.41 Å². The first-order chi connectivity index (χ1) is 26.0. The maximum absolute atomic E-state index is 14.0. The topological polar surface area (TPSA) is 221 Å². The summed E-state index contributed by atoms with van der Waals surface area (Å²) in [5.74, 6) is -1.00. The zero-order valence-electron chi connectivity index (χ0n) is 31.2. The monoisotopic (exact) mass is 805 g/mol. The number of carbonyl (C=O) groups is 1. The minimum absolute atomic E-state index is 0.0531. The highest BCUT2D eigenvalue weighted by Gasteiger charge is 2.49. The summed E-state index contributed by atoms with van der Waals surface area (Å²) in [6.45, 7) is 3.00. The van der Waals surface area contributed by atoms with Crippen LogP contribution in [0.3, 0.4) is 0 Å². The van der Waals surface area contributed by atoms with Crippen LogP contribution in [0.1, 0.15) is 62.1 Å². The standard InChI is InChI=1S/C38H51N3O12S2/c1-5-7-18-38(6-2)23-54(46,47)30-17-16-27(41(3)4)20-28(30)31(35(38)44)25-14-11-15-26(19-25)39-37(45)40-36-33(43)34(51-21-24-12-9-8-10-13-24)32(42)29(53-36)22-52-55(48,49)50/h8-17,19-20,29,31-36,42-44H,5-7,18,21-23H2,1-4H3,(H2,39,40,45)(H,48,49,50)/t29-,31-,32-,33-,34+,35?,36-,38-/m1/s1. The second-order valence-electron chi connectivity index (χ2n) is 14.4. The molecule has 1 fully saturated rings. The van der Waals surface area contributed by atoms with Crippen molar-refractivity contribution in [3.05, 3.63) is 89.5 Å². The predicted molar refractivity (Wildman–Crippen MR) is 205 cm³/mol. The molecule has 8 atom stereocenters. The lowest BCUT2D eigenvalue weighted by atomic mass is 9.69. The van der Waals surface area contributed by atoms with Gasteiger partial charge in [0.05, 0.1) is 30.0 Å². The van der Waals surface area contributed by atoms with E-state index in [1.807, 2.05) is 32.8 Å². The molecule has 1 saturated heterocycles. The van der Waals surface area contributed by atoms with Gasteiger partial charge >= 0.3 is 16.4 Å². The largest absolute Gasteiger partial charge is 0.397 e. The lowest BCUT2D eigenvalue weighted by molar-refractivity contribution is -0.246. The van der Waals surface area contributed by atoms with E-state index in [-0.39, 0.29) is 22.9 Å². The Bertz CT molecular complexity index is 2000. The number of amides is 2. The van der Waals surface area contributed by atoms with Gasteiger partial charge in [0.15, 0.2) is 16.1 Å². The molecular weight excluding hydrogens is 755 g/mol. The summed E-state index contributed by atoms with van der Waals surface area (Å²) in [6.07, 6.45) is -6.32. The van der Waals surface area contributed by atoms with Gasteiger partial charge in [-0.25, -0.2) is 17.4 Å². The molecule has 6 N–H and O–H groups in total. The fraction of sp³-hybridized carbons (Fsp3) is 0.500. The highest BCUT2D eigenvalue weighted by molar-refractivity contribution is 7.91. The van der Waals surface area contributed by atoms with Gasteiger partial charge in [0.25, 0.3) is 0 Å². The number of anilines is 2. The first-order valence-electron chi connectivity index (χ1n) is 18.2. The number of aliphatic hydroxyl groups excluding tert-OH is 3. The average molecular weight is 806 g/mol. The number of sulfone groups is 1. The Hall–Kier alpha value is -3.65. The van der Waals surface area contributed by atoms with Crippen LogP contribution in [0.2, 0.25) is 0 Å². The summed E-state index contributed by atoms with van der Waals surface area (Å²) in [6, 6.07) is 19.8. The van der Waals surface area contributed by atoms with Crippen LogP contribution >= 0.6 is 0 Å². The first kappa shape index (κ1) is 42.5. The van der Waals surface area contributed by atoms with E-state index in [9.17, 15) is 36.9 Å². The van der Waals surface area contributed by atoms with Crippen LogP contribution < -0.4 is 15.5 Å². The number of rotatable bonds is 14. The molecule has 1 unspecified atom stereocenters. The van der Waals surface area contributed by atoms with Crippen molar-refractivity contribution in [2.45, 2.75) is 93.7 Å². The van der Waals surface area contributed by atoms with Gasteiger partial charge in [0, 0.05) is 36.8 Å². The highest BCUT2D eigenvalue weighted by atomic mass is 32.3. The lowest BCUT2D eigenvalue weighted by Crippen LogP contribution is -2.64. The van der Waals surface area contributed by atoms with Crippen molar-refractivity contribution in [1.29, 1.82) is 0 Å². The zero-order valence-corrected chi connectivity index (χ0v) is 32.9. The summed E-state index contributed by atoms with van der Waals surface area (Å²) in [5, 5.41) is 39.7. The number of unbranched alkanes of at least 4 members (excludes halogenated alkanes) is 1. The molecule has 0 aliphatic carbocycles. The van der Waals surface area contributed by atoms with Gasteiger partial charge < -0.3 is 40.3 Å². The summed E-state index contributed by atoms with van der Waals surface area (Å²) in [7, 11) is -5.07. The number of hydrogen-bond donors (Lipinski definition) is 6. The van der Waals surface area contributed by atoms with Crippen molar-refractivity contribution in [2.24, 2.45) is 5.41 Å². The van der Waals surface area contributed by atoms with E-state index >= 15 is 0 Å². The Kier molecular flexibility index (Phi) is 13.6. The Morgan fingerprint density at radius 1 is 1.00 bits per heavy atom. The van der Waals surface area contributed by atoms with E-state index in [1.165, 1.54) is 0 Å². The van der Waals surface area contributed by atoms with Crippen LogP contribution in [0.25, 0.3) is 0 Å². The van der Waals surface area contributed by atoms with E-state index < -0.39 is 81.0 Å². The van der Waals surface area contributed by atoms with Gasteiger partial charge in [-0.2, -0.15) is 8.42 Å². The molecule has 0 spiro atoms. The Morgan fingerprint density at radius 3 is 2.38 bits per heavy atom. The Balaban J connectivity index is 1.43. The second kappa shape index (κ2) is 17.7. The third-order valence-corrected chi connectivity index (χ3v) is 12.9. The molecule has 2 aliphatic heterocycles. The SMILES string of the molecule is CCCC[C@]1(CC)CS(=O)(=O)c2ccc(N(C)C)cc2[C@@H](c2cccc(NC(=O)N[C@@H]3O[C@H](COS(=O)(=O)O)[C@@H](O)[C@H](OCc4ccccc4)[C@H]3O)c2)C1O. The van der Waals surface area contributed by atoms with Crippen LogP contribution in [0.15, 0.2) is 77.7 Å². The molecule has 2 heterocycles. The first-order valence-corrected chi connectivity index (χ1v) is 21.2. The van der Waals surface area contributed by atoms with E-state index in [0.717, 1.165) is 18.5 Å². The number of hydrogen-bond acceptors (Lipinski definition) is 12. The van der Waals surface area contributed by atoms with Gasteiger partial charge in [0.1, 0.15) is 24.4 Å². The molecule has 2 aliphatic rings. The minimum atomic E-state index is -4.93. The van der Waals surface area contributed by atoms with Crippen molar-refractivity contribution in [3.63, 3.8) is 0 Å². The van der Waals surface area contributed by atoms with Gasteiger partial charge in [-0.15, -0.1) is 0 Å². The number of nitrogens with one attached hydrogen (secondary N) is 2. The summed E-state index contributed by atoms with van der Waals surface area (Å²) < 4.78 is 75.7. The molecule has 3 aromatic carbocycles. The number of fused-ring (bicyclic) bond motifs is 1. The van der Waals surface area contributed by atoms with Crippen molar-refractivity contribution in [1.82, 2.24) is 5.32 Å². The summed E-state index contributed by atoms with van der Waals surface area (Å²) >= 11 is 0. The quantitative estimate of drug-likeness (QED) is 0.129. The van der Waals surface area contributed by atoms with Crippen LogP contribution in [-0.2, 0) is 40.5 Å². The van der Waals surface area contributed by atoms with Crippen LogP contribution in [0.4, 0.5) is 16.2 Å². The summed E-state index contributed by atoms with van der Waals surface area (Å²) in [4.78, 5) is 15.5. The Morgan fingerprint density at radius 2 is 1.73 bits per heavy atom. The molecule has 55 heavy (non-hydrogen) atoms. The molecule has 0 aromatic heterocycles. The minimum Gasteiger partial charge on any atom is -0.392 e. The molecule has 15 nitrogen and oxygen atoms in total. The molecule has 302 valence electrons. The lowest BCUT2D eigenvalue weighted by Gasteiger charge is -2.42. The molecular formula is C38H51N3O12S2. The van der Waals surface area contributed by atoms with Crippen molar-refractivity contribution in [3.8, 4) is 0 Å². The maximum atomic E-state index is 14.0. The normalized spacial score (nSPS) is 27.7. The molecule has 5 rings (SSSR count). The third kappa shape index (κ3) is 10.0. The van der Waals surface area contributed by atoms with Crippen LogP contribution in [-0.4, -0.2) is 106 Å². The van der Waals surface area contributed by atoms with Gasteiger partial charge in [-0.1, -0.05) is 69.2 Å². The van der Waals surface area contributed by atoms with Gasteiger partial charge in [-0.3, -0.25) is 4.55 Å². The number of benzene rings is 3. The highest BCUT2D eigenvalue weighted by Crippen LogP contribution is 2.49. The number of nitrogens with zero attached hydrogens (tertiary/aromatic N) is 1. The average Bonchev–Trinajstić information content (AvgIpc) is 3.21. The van der Waals surface area contributed by atoms with Gasteiger partial charge in [0.2, 0.25) is 0 Å². The van der Waals surface area contributed by atoms with Crippen LogP contribution in [0.5, 0.6) is 0 Å². The number of aliphatic hydroxyl groups is 3. The Labute approximate surface area is 322 Å². The second-order valence-corrected chi connectivity index (χ2v) is 17.4. The van der Waals surface area contributed by atoms with Crippen molar-refractivity contribution >= 4 is 37.6 Å². The fourth-order valence-electron chi connectivity index (χ4n) is 7.42. The molecule has 3 aromatic rings. The van der Waals surface area contributed by atoms with Gasteiger partial charge in [-0.05, 0) is 59.9 Å². The smallest absolute Gasteiger partial charge is 0.392 e. The number of urea groups is 1. The number of ether oxygens (including phenoxy) is 2. The number of carbonyl (C=O) groups excluding carboxylic acids is 1. The third-order valence-electron chi connectivity index (χ3n) is 10.5. The molecule has 0 saturated carbocycles.